The molecule has 0 amide bonds. The summed E-state index contributed by atoms with van der Waals surface area (Å²) in [7, 11) is 1.68. The minimum Gasteiger partial charge on any atom is -0.496 e. The average Bonchev–Trinajstić information content (AvgIpc) is 3.10. The molecule has 2 aromatic rings. The number of methoxy groups -OCH3 is 1. The Balaban J connectivity index is 1.73. The maximum Gasteiger partial charge on any atom is 0.162 e. The van der Waals surface area contributed by atoms with Gasteiger partial charge in [-0.1, -0.05) is 43.2 Å². The second-order valence-electron chi connectivity index (χ2n) is 5.92. The first-order valence-corrected chi connectivity index (χ1v) is 9.60. The molecule has 0 spiro atoms. The molecule has 128 valence electrons. The molecular formula is C18H24N4OS. The standard InChI is InChI=1S/C18H24N4OS/c1-23-16-11-7-6-10-14(16)15-12-17(22-21-15)20-18(24-2)19-13-8-4-3-5-9-13/h6-7,10-13H,3-5,8-9H2,1-2H3,(H2,19,20,21,22). The number of aromatic amines is 1. The maximum absolute atomic E-state index is 5.42. The van der Waals surface area contributed by atoms with Crippen LogP contribution in [-0.4, -0.2) is 34.8 Å². The molecule has 6 heteroatoms. The van der Waals surface area contributed by atoms with E-state index < -0.39 is 0 Å². The van der Waals surface area contributed by atoms with Crippen LogP contribution in [0.4, 0.5) is 5.82 Å². The van der Waals surface area contributed by atoms with E-state index in [0.29, 0.717) is 6.04 Å². The van der Waals surface area contributed by atoms with E-state index in [-0.39, 0.29) is 0 Å². The van der Waals surface area contributed by atoms with Crippen LogP contribution in [0.1, 0.15) is 32.1 Å². The van der Waals surface area contributed by atoms with Gasteiger partial charge in [-0.15, -0.1) is 0 Å². The van der Waals surface area contributed by atoms with Crippen molar-refractivity contribution < 1.29 is 4.74 Å². The molecule has 1 heterocycles. The third kappa shape index (κ3) is 4.12. The van der Waals surface area contributed by atoms with Crippen molar-refractivity contribution in [3.05, 3.63) is 30.3 Å². The van der Waals surface area contributed by atoms with Crippen LogP contribution in [-0.2, 0) is 0 Å². The summed E-state index contributed by atoms with van der Waals surface area (Å²) in [5.74, 6) is 1.61. The van der Waals surface area contributed by atoms with Crippen molar-refractivity contribution in [2.75, 3.05) is 18.7 Å². The summed E-state index contributed by atoms with van der Waals surface area (Å²) in [6, 6.07) is 10.3. The maximum atomic E-state index is 5.42. The number of nitrogens with one attached hydrogen (secondary N) is 2. The number of anilines is 1. The summed E-state index contributed by atoms with van der Waals surface area (Å²) < 4.78 is 5.42. The van der Waals surface area contributed by atoms with Crippen molar-refractivity contribution in [2.45, 2.75) is 38.1 Å². The molecule has 0 bridgehead atoms. The summed E-state index contributed by atoms with van der Waals surface area (Å²) in [6.45, 7) is 0. The van der Waals surface area contributed by atoms with Gasteiger partial charge in [0.2, 0.25) is 0 Å². The zero-order valence-electron chi connectivity index (χ0n) is 14.2. The van der Waals surface area contributed by atoms with E-state index in [1.807, 2.05) is 36.6 Å². The molecule has 0 unspecified atom stereocenters. The second kappa shape index (κ2) is 8.24. The third-order valence-corrected chi connectivity index (χ3v) is 4.87. The van der Waals surface area contributed by atoms with E-state index in [4.69, 9.17) is 9.73 Å². The van der Waals surface area contributed by atoms with E-state index in [2.05, 4.69) is 15.5 Å². The predicted molar refractivity (Wildman–Crippen MR) is 102 cm³/mol. The van der Waals surface area contributed by atoms with Crippen LogP contribution < -0.4 is 10.1 Å². The number of thioether (sulfide) groups is 1. The van der Waals surface area contributed by atoms with Gasteiger partial charge in [0.05, 0.1) is 18.8 Å². The fourth-order valence-corrected chi connectivity index (χ4v) is 3.47. The first kappa shape index (κ1) is 16.9. The van der Waals surface area contributed by atoms with Gasteiger partial charge in [0, 0.05) is 11.6 Å². The lowest BCUT2D eigenvalue weighted by atomic mass is 9.96. The monoisotopic (exact) mass is 344 g/mol. The molecule has 5 nitrogen and oxygen atoms in total. The van der Waals surface area contributed by atoms with Crippen molar-refractivity contribution in [1.82, 2.24) is 10.2 Å². The Morgan fingerprint density at radius 3 is 2.83 bits per heavy atom. The summed E-state index contributed by atoms with van der Waals surface area (Å²) in [5, 5.41) is 11.7. The highest BCUT2D eigenvalue weighted by molar-refractivity contribution is 8.13. The van der Waals surface area contributed by atoms with Gasteiger partial charge >= 0.3 is 0 Å². The third-order valence-electron chi connectivity index (χ3n) is 4.28. The normalized spacial score (nSPS) is 16.2. The molecule has 1 saturated carbocycles. The largest absolute Gasteiger partial charge is 0.496 e. The number of H-pyrrole nitrogens is 1. The van der Waals surface area contributed by atoms with Crippen LogP contribution in [0.5, 0.6) is 5.75 Å². The Labute approximate surface area is 147 Å². The fourth-order valence-electron chi connectivity index (χ4n) is 3.01. The van der Waals surface area contributed by atoms with Crippen molar-refractivity contribution in [1.29, 1.82) is 0 Å². The highest BCUT2D eigenvalue weighted by atomic mass is 32.2. The number of aliphatic imine (C=N–C) groups is 1. The summed E-state index contributed by atoms with van der Waals surface area (Å²) in [4.78, 5) is 4.85. The van der Waals surface area contributed by atoms with Gasteiger partial charge in [-0.25, -0.2) is 0 Å². The Morgan fingerprint density at radius 1 is 1.29 bits per heavy atom. The van der Waals surface area contributed by atoms with Crippen molar-refractivity contribution >= 4 is 22.7 Å². The number of aromatic nitrogens is 2. The molecule has 2 N–H and O–H groups in total. The van der Waals surface area contributed by atoms with Crippen molar-refractivity contribution in [3.8, 4) is 17.0 Å². The van der Waals surface area contributed by atoms with Crippen LogP contribution in [0.2, 0.25) is 0 Å². The van der Waals surface area contributed by atoms with Gasteiger partial charge in [0.15, 0.2) is 11.0 Å². The summed E-state index contributed by atoms with van der Waals surface area (Å²) in [6.07, 6.45) is 8.35. The van der Waals surface area contributed by atoms with E-state index in [1.54, 1.807) is 18.9 Å². The molecule has 1 aromatic carbocycles. The zero-order chi connectivity index (χ0) is 16.8. The number of benzene rings is 1. The highest BCUT2D eigenvalue weighted by Crippen LogP contribution is 2.29. The molecule has 24 heavy (non-hydrogen) atoms. The quantitative estimate of drug-likeness (QED) is 0.631. The number of rotatable bonds is 4. The molecule has 1 aromatic heterocycles. The molecule has 0 radical (unpaired) electrons. The molecule has 0 saturated heterocycles. The predicted octanol–water partition coefficient (Wildman–Crippen LogP) is 4.55. The SMILES string of the molecule is COc1ccccc1-c1cc(NC(=NC2CCCCC2)SC)n[nH]1. The van der Waals surface area contributed by atoms with Gasteiger partial charge in [-0.2, -0.15) is 5.10 Å². The lowest BCUT2D eigenvalue weighted by Gasteiger charge is -2.18. The number of nitrogens with zero attached hydrogens (tertiary/aromatic N) is 2. The van der Waals surface area contributed by atoms with Crippen LogP contribution in [0.3, 0.4) is 0 Å². The number of hydrogen-bond acceptors (Lipinski definition) is 4. The first-order valence-electron chi connectivity index (χ1n) is 8.37. The molecule has 0 atom stereocenters. The van der Waals surface area contributed by atoms with Gasteiger partial charge in [0.1, 0.15) is 5.75 Å². The minimum absolute atomic E-state index is 0.446. The zero-order valence-corrected chi connectivity index (χ0v) is 15.0. The van der Waals surface area contributed by atoms with E-state index in [1.165, 1.54) is 32.1 Å². The number of amidine groups is 1. The van der Waals surface area contributed by atoms with E-state index in [9.17, 15) is 0 Å². The van der Waals surface area contributed by atoms with E-state index >= 15 is 0 Å². The van der Waals surface area contributed by atoms with Crippen molar-refractivity contribution in [3.63, 3.8) is 0 Å². The molecular weight excluding hydrogens is 320 g/mol. The lowest BCUT2D eigenvalue weighted by Crippen LogP contribution is -2.16. The highest BCUT2D eigenvalue weighted by Gasteiger charge is 2.14. The fraction of sp³-hybridized carbons (Fsp3) is 0.444. The Kier molecular flexibility index (Phi) is 5.80. The second-order valence-corrected chi connectivity index (χ2v) is 6.72. The van der Waals surface area contributed by atoms with Crippen LogP contribution in [0.25, 0.3) is 11.3 Å². The Hall–Kier alpha value is -1.95. The summed E-state index contributed by atoms with van der Waals surface area (Å²) in [5.41, 5.74) is 1.92. The van der Waals surface area contributed by atoms with Gasteiger partial charge in [-0.05, 0) is 31.2 Å². The summed E-state index contributed by atoms with van der Waals surface area (Å²) >= 11 is 1.63. The first-order chi connectivity index (χ1) is 11.8. The average molecular weight is 344 g/mol. The van der Waals surface area contributed by atoms with Gasteiger partial charge in [0.25, 0.3) is 0 Å². The van der Waals surface area contributed by atoms with Gasteiger partial charge in [-0.3, -0.25) is 10.1 Å². The Bertz CT molecular complexity index is 692. The number of para-hydroxylation sites is 1. The minimum atomic E-state index is 0.446. The van der Waals surface area contributed by atoms with Crippen LogP contribution in [0.15, 0.2) is 35.3 Å². The number of hydrogen-bond donors (Lipinski definition) is 2. The molecule has 0 aliphatic heterocycles. The van der Waals surface area contributed by atoms with Gasteiger partial charge < -0.3 is 10.1 Å². The molecule has 1 aliphatic rings. The molecule has 1 fully saturated rings. The molecule has 1 aliphatic carbocycles. The van der Waals surface area contributed by atoms with E-state index in [0.717, 1.165) is 28.0 Å². The van der Waals surface area contributed by atoms with Crippen molar-refractivity contribution in [2.24, 2.45) is 4.99 Å². The van der Waals surface area contributed by atoms with Crippen LogP contribution in [0, 0.1) is 0 Å². The molecule has 3 rings (SSSR count). The smallest absolute Gasteiger partial charge is 0.162 e. The topological polar surface area (TPSA) is 62.3 Å². The van der Waals surface area contributed by atoms with Crippen LogP contribution >= 0.6 is 11.8 Å². The Morgan fingerprint density at radius 2 is 2.08 bits per heavy atom. The number of ether oxygens (including phenoxy) is 1. The lowest BCUT2D eigenvalue weighted by molar-refractivity contribution is 0.416.